The Morgan fingerprint density at radius 2 is 1.74 bits per heavy atom. The van der Waals surface area contributed by atoms with Gasteiger partial charge in [-0.1, -0.05) is 42.5 Å². The maximum absolute atomic E-state index is 14.1. The van der Waals surface area contributed by atoms with Crippen LogP contribution in [0, 0.1) is 11.8 Å². The average molecular weight is 683 g/mol. The van der Waals surface area contributed by atoms with Crippen molar-refractivity contribution < 1.29 is 49.1 Å². The van der Waals surface area contributed by atoms with Crippen molar-refractivity contribution in [1.82, 2.24) is 5.32 Å². The van der Waals surface area contributed by atoms with Gasteiger partial charge in [-0.25, -0.2) is 0 Å². The van der Waals surface area contributed by atoms with Crippen LogP contribution in [0.5, 0.6) is 11.5 Å². The third kappa shape index (κ3) is 5.80. The molecule has 3 aliphatic carbocycles. The van der Waals surface area contributed by atoms with Gasteiger partial charge in [0.1, 0.15) is 34.6 Å². The van der Waals surface area contributed by atoms with Gasteiger partial charge >= 0.3 is 5.97 Å². The summed E-state index contributed by atoms with van der Waals surface area (Å²) in [6.45, 7) is 2.27. The maximum Gasteiger partial charge on any atom is 0.323 e. The Bertz CT molecular complexity index is 1970. The van der Waals surface area contributed by atoms with E-state index in [1.165, 1.54) is 13.2 Å². The van der Waals surface area contributed by atoms with Crippen molar-refractivity contribution in [2.75, 3.05) is 13.7 Å². The zero-order chi connectivity index (χ0) is 35.9. The van der Waals surface area contributed by atoms with Crippen LogP contribution >= 0.6 is 0 Å². The Balaban J connectivity index is 1.36. The normalized spacial score (nSPS) is 22.0. The van der Waals surface area contributed by atoms with Crippen LogP contribution < -0.4 is 15.8 Å². The molecule has 260 valence electrons. The second-order valence-corrected chi connectivity index (χ2v) is 12.8. The fourth-order valence-corrected chi connectivity index (χ4v) is 7.52. The second kappa shape index (κ2) is 13.4. The van der Waals surface area contributed by atoms with Crippen LogP contribution in [0.3, 0.4) is 0 Å². The number of nitrogens with two attached hydrogens (primary N) is 1. The largest absolute Gasteiger partial charge is 0.511 e. The molecule has 0 radical (unpaired) electrons. The molecule has 50 heavy (non-hydrogen) atoms. The predicted octanol–water partition coefficient (Wildman–Crippen LogP) is 3.52. The van der Waals surface area contributed by atoms with Gasteiger partial charge in [-0.15, -0.1) is 0 Å². The number of phenols is 1. The van der Waals surface area contributed by atoms with Gasteiger partial charge in [-0.3, -0.25) is 19.2 Å². The fraction of sp³-hybridized carbons (Fsp3) is 0.316. The molecule has 0 spiro atoms. The number of carbonyl (C=O) groups excluding carboxylic acids is 4. The number of rotatable bonds is 10. The van der Waals surface area contributed by atoms with E-state index < -0.39 is 58.0 Å². The quantitative estimate of drug-likeness (QED) is 0.135. The SMILES string of the molecule is CCOC(=O)C(Cc1ccccc1)NCc1ccc(OC)c(-c2ccc(O)c3c2C[C@H]2C[C@H]4CC(O)=C(C(N)=O)C(=O)[C@@]4(O)C(O)=C2C3=O)c1. The molecule has 3 aliphatic rings. The topological polar surface area (TPSA) is 206 Å². The number of ether oxygens (including phenoxy) is 2. The number of benzene rings is 3. The highest BCUT2D eigenvalue weighted by atomic mass is 16.5. The number of nitrogens with one attached hydrogen (secondary N) is 1. The molecule has 4 atom stereocenters. The van der Waals surface area contributed by atoms with Gasteiger partial charge in [0.2, 0.25) is 5.78 Å². The molecule has 6 rings (SSSR count). The number of phenolic OH excluding ortho intramolecular Hbond substituents is 1. The highest BCUT2D eigenvalue weighted by Gasteiger charge is 2.59. The van der Waals surface area contributed by atoms with Crippen molar-refractivity contribution in [2.45, 2.75) is 50.8 Å². The highest BCUT2D eigenvalue weighted by Crippen LogP contribution is 2.52. The summed E-state index contributed by atoms with van der Waals surface area (Å²) in [5, 5.41) is 47.7. The first-order chi connectivity index (χ1) is 23.9. The molecule has 1 unspecified atom stereocenters. The number of Topliss-reactive ketones (excluding diaryl/α,β-unsaturated/α-hetero) is 2. The molecule has 12 heteroatoms. The predicted molar refractivity (Wildman–Crippen MR) is 180 cm³/mol. The first kappa shape index (κ1) is 34.4. The van der Waals surface area contributed by atoms with Gasteiger partial charge < -0.3 is 41.0 Å². The minimum atomic E-state index is -2.64. The molecule has 0 saturated carbocycles. The molecule has 0 aliphatic heterocycles. The number of ketones is 2. The number of esters is 1. The van der Waals surface area contributed by atoms with Crippen LogP contribution in [0.15, 0.2) is 83.3 Å². The molecule has 0 bridgehead atoms. The smallest absolute Gasteiger partial charge is 0.323 e. The van der Waals surface area contributed by atoms with Crippen LogP contribution in [-0.2, 0) is 38.5 Å². The lowest BCUT2D eigenvalue weighted by Crippen LogP contribution is -2.57. The number of hydrogen-bond acceptors (Lipinski definition) is 11. The molecule has 0 fully saturated rings. The monoisotopic (exact) mass is 682 g/mol. The molecular weight excluding hydrogens is 644 g/mol. The van der Waals surface area contributed by atoms with E-state index in [4.69, 9.17) is 15.2 Å². The molecule has 7 N–H and O–H groups in total. The Hall–Kier alpha value is -5.46. The van der Waals surface area contributed by atoms with E-state index in [0.29, 0.717) is 28.9 Å². The van der Waals surface area contributed by atoms with Gasteiger partial charge in [0.15, 0.2) is 11.4 Å². The van der Waals surface area contributed by atoms with Crippen molar-refractivity contribution in [3.05, 3.63) is 106 Å². The number of aliphatic hydroxyl groups is 3. The molecule has 0 heterocycles. The van der Waals surface area contributed by atoms with Crippen molar-refractivity contribution >= 4 is 23.4 Å². The number of aromatic hydroxyl groups is 1. The minimum Gasteiger partial charge on any atom is -0.511 e. The third-order valence-electron chi connectivity index (χ3n) is 9.91. The van der Waals surface area contributed by atoms with Gasteiger partial charge in [0, 0.05) is 30.0 Å². The van der Waals surface area contributed by atoms with Crippen molar-refractivity contribution in [2.24, 2.45) is 17.6 Å². The maximum atomic E-state index is 14.1. The first-order valence-corrected chi connectivity index (χ1v) is 16.3. The summed E-state index contributed by atoms with van der Waals surface area (Å²) in [5.74, 6) is -6.81. The van der Waals surface area contributed by atoms with E-state index in [9.17, 15) is 39.6 Å². The number of hydrogen-bond donors (Lipinski definition) is 6. The van der Waals surface area contributed by atoms with E-state index in [2.05, 4.69) is 5.32 Å². The number of carbonyl (C=O) groups is 4. The molecule has 0 saturated heterocycles. The zero-order valence-corrected chi connectivity index (χ0v) is 27.6. The van der Waals surface area contributed by atoms with Gasteiger partial charge in [0.05, 0.1) is 19.3 Å². The second-order valence-electron chi connectivity index (χ2n) is 12.8. The Morgan fingerprint density at radius 1 is 1.00 bits per heavy atom. The van der Waals surface area contributed by atoms with E-state index in [0.717, 1.165) is 11.1 Å². The van der Waals surface area contributed by atoms with E-state index in [-0.39, 0.29) is 55.3 Å². The van der Waals surface area contributed by atoms with Gasteiger partial charge in [-0.05, 0) is 72.6 Å². The summed E-state index contributed by atoms with van der Waals surface area (Å²) in [6.07, 6.45) is 0.239. The average Bonchev–Trinajstić information content (AvgIpc) is 3.08. The lowest BCUT2D eigenvalue weighted by atomic mass is 9.60. The van der Waals surface area contributed by atoms with Crippen molar-refractivity contribution in [1.29, 1.82) is 0 Å². The molecule has 1 amide bonds. The van der Waals surface area contributed by atoms with Gasteiger partial charge in [-0.2, -0.15) is 0 Å². The van der Waals surface area contributed by atoms with Crippen LogP contribution in [0.25, 0.3) is 11.1 Å². The Kier molecular flexibility index (Phi) is 9.25. The third-order valence-corrected chi connectivity index (χ3v) is 9.91. The van der Waals surface area contributed by atoms with Crippen molar-refractivity contribution in [3.8, 4) is 22.6 Å². The minimum absolute atomic E-state index is 0.00969. The number of amides is 1. The van der Waals surface area contributed by atoms with Crippen LogP contribution in [-0.4, -0.2) is 69.2 Å². The summed E-state index contributed by atoms with van der Waals surface area (Å²) in [7, 11) is 1.51. The fourth-order valence-electron chi connectivity index (χ4n) is 7.52. The molecular formula is C38H38N2O10. The summed E-state index contributed by atoms with van der Waals surface area (Å²) in [4.78, 5) is 52.2. The lowest BCUT2D eigenvalue weighted by molar-refractivity contribution is -0.146. The number of fused-ring (bicyclic) bond motifs is 3. The standard InChI is InChI=1S/C38H38N2O10/c1-3-50-37(47)26(14-19-7-5-4-6-8-19)40-18-20-9-12-29(49-2)24(13-20)23-10-11-27(41)31-25(23)16-21-15-22-17-28(42)32(36(39)46)35(45)38(22,48)34(44)30(21)33(31)43/h4-13,21-22,26,40-42,44,48H,3,14-18H2,1-2H3,(H2,39,46)/t21-,22+,26?,38+/m1/s1. The van der Waals surface area contributed by atoms with E-state index in [1.807, 2.05) is 42.5 Å². The van der Waals surface area contributed by atoms with E-state index >= 15 is 0 Å². The first-order valence-electron chi connectivity index (χ1n) is 16.3. The molecule has 3 aromatic rings. The summed E-state index contributed by atoms with van der Waals surface area (Å²) in [5.41, 5.74) is 4.90. The summed E-state index contributed by atoms with van der Waals surface area (Å²) < 4.78 is 11.0. The Labute approximate surface area is 287 Å². The number of methoxy groups -OCH3 is 1. The highest BCUT2D eigenvalue weighted by molar-refractivity contribution is 6.24. The Morgan fingerprint density at radius 3 is 2.42 bits per heavy atom. The summed E-state index contributed by atoms with van der Waals surface area (Å²) in [6, 6.07) is 17.5. The van der Waals surface area contributed by atoms with E-state index in [1.54, 1.807) is 19.1 Å². The zero-order valence-electron chi connectivity index (χ0n) is 27.6. The number of allylic oxidation sites excluding steroid dienone is 2. The van der Waals surface area contributed by atoms with Crippen LogP contribution in [0.4, 0.5) is 0 Å². The summed E-state index contributed by atoms with van der Waals surface area (Å²) >= 11 is 0. The number of primary amides is 1. The van der Waals surface area contributed by atoms with Crippen LogP contribution in [0.1, 0.15) is 46.8 Å². The van der Waals surface area contributed by atoms with Gasteiger partial charge in [0.25, 0.3) is 5.91 Å². The lowest BCUT2D eigenvalue weighted by Gasteiger charge is -2.45. The molecule has 12 nitrogen and oxygen atoms in total. The molecule has 3 aromatic carbocycles. The number of aliphatic hydroxyl groups excluding tert-OH is 2. The van der Waals surface area contributed by atoms with Crippen LogP contribution in [0.2, 0.25) is 0 Å². The van der Waals surface area contributed by atoms with Crippen molar-refractivity contribution in [3.63, 3.8) is 0 Å². The molecule has 0 aromatic heterocycles.